The van der Waals surface area contributed by atoms with E-state index < -0.39 is 0 Å². The van der Waals surface area contributed by atoms with Crippen LogP contribution in [0.3, 0.4) is 0 Å². The Hall–Kier alpha value is -0.610. The van der Waals surface area contributed by atoms with E-state index in [1.807, 2.05) is 0 Å². The molecule has 0 spiro atoms. The molecule has 2 N–H and O–H groups in total. The lowest BCUT2D eigenvalue weighted by Crippen LogP contribution is -2.43. The zero-order valence-corrected chi connectivity index (χ0v) is 8.95. The average molecular weight is 213 g/mol. The molecule has 1 aliphatic carbocycles. The van der Waals surface area contributed by atoms with Gasteiger partial charge < -0.3 is 15.2 Å². The van der Waals surface area contributed by atoms with Crippen molar-refractivity contribution in [1.82, 2.24) is 5.32 Å². The van der Waals surface area contributed by atoms with Crippen LogP contribution in [0.1, 0.15) is 38.5 Å². The van der Waals surface area contributed by atoms with Gasteiger partial charge in [0.2, 0.25) is 5.91 Å². The zero-order valence-electron chi connectivity index (χ0n) is 8.95. The van der Waals surface area contributed by atoms with Gasteiger partial charge in [-0.25, -0.2) is 0 Å². The van der Waals surface area contributed by atoms with E-state index in [0.29, 0.717) is 6.61 Å². The molecule has 0 radical (unpaired) electrons. The SMILES string of the molecule is O=C(NC1CCC(O)CC1)[C@H]1CCCO1. The number of carbonyl (C=O) groups is 1. The van der Waals surface area contributed by atoms with Crippen LogP contribution in [0.2, 0.25) is 0 Å². The van der Waals surface area contributed by atoms with Gasteiger partial charge in [0.25, 0.3) is 0 Å². The Kier molecular flexibility index (Phi) is 3.59. The first-order chi connectivity index (χ1) is 7.25. The molecule has 1 aliphatic heterocycles. The van der Waals surface area contributed by atoms with Crippen molar-refractivity contribution in [3.05, 3.63) is 0 Å². The average Bonchev–Trinajstić information content (AvgIpc) is 2.74. The van der Waals surface area contributed by atoms with E-state index in [0.717, 1.165) is 38.5 Å². The third-order valence-electron chi connectivity index (χ3n) is 3.27. The Morgan fingerprint density at radius 1 is 1.20 bits per heavy atom. The number of hydrogen-bond donors (Lipinski definition) is 2. The first kappa shape index (κ1) is 10.9. The third kappa shape index (κ3) is 2.92. The summed E-state index contributed by atoms with van der Waals surface area (Å²) >= 11 is 0. The summed E-state index contributed by atoms with van der Waals surface area (Å²) in [6.07, 6.45) is 4.83. The van der Waals surface area contributed by atoms with Crippen LogP contribution in [-0.4, -0.2) is 35.9 Å². The fourth-order valence-corrected chi connectivity index (χ4v) is 2.30. The summed E-state index contributed by atoms with van der Waals surface area (Å²) in [4.78, 5) is 11.7. The Morgan fingerprint density at radius 2 is 1.93 bits per heavy atom. The van der Waals surface area contributed by atoms with Gasteiger partial charge in [0.05, 0.1) is 6.10 Å². The molecule has 4 heteroatoms. The number of rotatable bonds is 2. The summed E-state index contributed by atoms with van der Waals surface area (Å²) in [6.45, 7) is 0.710. The number of aliphatic hydroxyl groups is 1. The van der Waals surface area contributed by atoms with Crippen LogP contribution in [0, 0.1) is 0 Å². The predicted molar refractivity (Wildman–Crippen MR) is 55.4 cm³/mol. The molecule has 0 aromatic carbocycles. The highest BCUT2D eigenvalue weighted by molar-refractivity contribution is 5.81. The van der Waals surface area contributed by atoms with E-state index in [1.165, 1.54) is 0 Å². The molecular formula is C11H19NO3. The molecule has 0 aromatic heterocycles. The molecule has 0 unspecified atom stereocenters. The molecule has 2 aliphatic rings. The van der Waals surface area contributed by atoms with E-state index in [-0.39, 0.29) is 24.2 Å². The second-order valence-corrected chi connectivity index (χ2v) is 4.52. The van der Waals surface area contributed by atoms with Crippen molar-refractivity contribution in [1.29, 1.82) is 0 Å². The van der Waals surface area contributed by atoms with Crippen molar-refractivity contribution in [2.45, 2.75) is 56.8 Å². The van der Waals surface area contributed by atoms with Crippen molar-refractivity contribution < 1.29 is 14.6 Å². The van der Waals surface area contributed by atoms with Crippen LogP contribution in [0.4, 0.5) is 0 Å². The van der Waals surface area contributed by atoms with Crippen LogP contribution in [-0.2, 0) is 9.53 Å². The minimum absolute atomic E-state index is 0.0360. The molecule has 2 fully saturated rings. The molecular weight excluding hydrogens is 194 g/mol. The standard InChI is InChI=1S/C11H19NO3/c13-9-5-3-8(4-6-9)12-11(14)10-2-1-7-15-10/h8-10,13H,1-7H2,(H,12,14)/t8?,9?,10-/m1/s1. The molecule has 1 amide bonds. The van der Waals surface area contributed by atoms with Gasteiger partial charge in [-0.05, 0) is 38.5 Å². The Labute approximate surface area is 90.0 Å². The predicted octanol–water partition coefficient (Wildman–Crippen LogP) is 0.585. The summed E-state index contributed by atoms with van der Waals surface area (Å²) in [5, 5.41) is 12.3. The summed E-state index contributed by atoms with van der Waals surface area (Å²) in [5.74, 6) is 0.0360. The fourth-order valence-electron chi connectivity index (χ4n) is 2.30. The Morgan fingerprint density at radius 3 is 2.53 bits per heavy atom. The van der Waals surface area contributed by atoms with Gasteiger partial charge in [0.1, 0.15) is 6.10 Å². The second-order valence-electron chi connectivity index (χ2n) is 4.52. The molecule has 0 bridgehead atoms. The smallest absolute Gasteiger partial charge is 0.249 e. The molecule has 15 heavy (non-hydrogen) atoms. The van der Waals surface area contributed by atoms with Gasteiger partial charge in [-0.15, -0.1) is 0 Å². The lowest BCUT2D eigenvalue weighted by atomic mass is 9.93. The van der Waals surface area contributed by atoms with Crippen LogP contribution >= 0.6 is 0 Å². The van der Waals surface area contributed by atoms with Gasteiger partial charge in [-0.3, -0.25) is 4.79 Å². The second kappa shape index (κ2) is 4.94. The maximum Gasteiger partial charge on any atom is 0.249 e. The third-order valence-corrected chi connectivity index (χ3v) is 3.27. The number of carbonyl (C=O) groups excluding carboxylic acids is 1. The maximum atomic E-state index is 11.7. The quantitative estimate of drug-likeness (QED) is 0.705. The maximum absolute atomic E-state index is 11.7. The van der Waals surface area contributed by atoms with E-state index in [1.54, 1.807) is 0 Å². The minimum Gasteiger partial charge on any atom is -0.393 e. The molecule has 1 saturated carbocycles. The summed E-state index contributed by atoms with van der Waals surface area (Å²) < 4.78 is 5.32. The monoisotopic (exact) mass is 213 g/mol. The molecule has 1 atom stereocenters. The van der Waals surface area contributed by atoms with Crippen LogP contribution in [0.25, 0.3) is 0 Å². The number of ether oxygens (including phenoxy) is 1. The van der Waals surface area contributed by atoms with Gasteiger partial charge in [-0.2, -0.15) is 0 Å². The van der Waals surface area contributed by atoms with E-state index in [4.69, 9.17) is 4.74 Å². The Balaban J connectivity index is 1.74. The zero-order chi connectivity index (χ0) is 10.7. The van der Waals surface area contributed by atoms with Crippen molar-refractivity contribution in [2.24, 2.45) is 0 Å². The van der Waals surface area contributed by atoms with Crippen LogP contribution in [0.15, 0.2) is 0 Å². The lowest BCUT2D eigenvalue weighted by Gasteiger charge is -2.27. The highest BCUT2D eigenvalue weighted by atomic mass is 16.5. The first-order valence-corrected chi connectivity index (χ1v) is 5.86. The Bertz CT molecular complexity index is 218. The highest BCUT2D eigenvalue weighted by Crippen LogP contribution is 2.19. The summed E-state index contributed by atoms with van der Waals surface area (Å²) in [5.41, 5.74) is 0. The van der Waals surface area contributed by atoms with Crippen LogP contribution < -0.4 is 5.32 Å². The van der Waals surface area contributed by atoms with Gasteiger partial charge in [0, 0.05) is 12.6 Å². The number of aliphatic hydroxyl groups excluding tert-OH is 1. The molecule has 1 heterocycles. The first-order valence-electron chi connectivity index (χ1n) is 5.86. The molecule has 2 rings (SSSR count). The normalized spacial score (nSPS) is 36.5. The molecule has 1 saturated heterocycles. The number of hydrogen-bond acceptors (Lipinski definition) is 3. The number of nitrogens with one attached hydrogen (secondary N) is 1. The van der Waals surface area contributed by atoms with E-state index in [9.17, 15) is 9.90 Å². The highest BCUT2D eigenvalue weighted by Gasteiger charge is 2.27. The molecule has 86 valence electrons. The van der Waals surface area contributed by atoms with Crippen molar-refractivity contribution >= 4 is 5.91 Å². The molecule has 0 aromatic rings. The lowest BCUT2D eigenvalue weighted by molar-refractivity contribution is -0.131. The van der Waals surface area contributed by atoms with Gasteiger partial charge in [-0.1, -0.05) is 0 Å². The van der Waals surface area contributed by atoms with E-state index >= 15 is 0 Å². The summed E-state index contributed by atoms with van der Waals surface area (Å²) in [7, 11) is 0. The van der Waals surface area contributed by atoms with E-state index in [2.05, 4.69) is 5.32 Å². The van der Waals surface area contributed by atoms with Crippen molar-refractivity contribution in [3.63, 3.8) is 0 Å². The van der Waals surface area contributed by atoms with Gasteiger partial charge >= 0.3 is 0 Å². The molecule has 4 nitrogen and oxygen atoms in total. The van der Waals surface area contributed by atoms with Crippen molar-refractivity contribution in [2.75, 3.05) is 6.61 Å². The van der Waals surface area contributed by atoms with Crippen LogP contribution in [0.5, 0.6) is 0 Å². The topological polar surface area (TPSA) is 58.6 Å². The number of amides is 1. The largest absolute Gasteiger partial charge is 0.393 e. The fraction of sp³-hybridized carbons (Fsp3) is 0.909. The van der Waals surface area contributed by atoms with Crippen molar-refractivity contribution in [3.8, 4) is 0 Å². The minimum atomic E-state index is -0.225. The summed E-state index contributed by atoms with van der Waals surface area (Å²) in [6, 6.07) is 0.241. The van der Waals surface area contributed by atoms with Gasteiger partial charge in [0.15, 0.2) is 0 Å².